The average Bonchev–Trinajstić information content (AvgIpc) is 2.55. The quantitative estimate of drug-likeness (QED) is 0.498. The van der Waals surface area contributed by atoms with E-state index >= 15 is 0 Å². The highest BCUT2D eigenvalue weighted by molar-refractivity contribution is 9.10. The Bertz CT molecular complexity index is 934. The Morgan fingerprint density at radius 3 is 1.38 bits per heavy atom. The molecule has 0 aliphatic carbocycles. The summed E-state index contributed by atoms with van der Waals surface area (Å²) in [7, 11) is -8.15. The third-order valence-corrected chi connectivity index (χ3v) is 7.09. The highest BCUT2D eigenvalue weighted by atomic mass is 79.9. The highest BCUT2D eigenvalue weighted by Gasteiger charge is 2.26. The molecular formula is C16H16Br2O6S2. The molecule has 6 nitrogen and oxygen atoms in total. The second-order valence-electron chi connectivity index (χ2n) is 5.00. The Labute approximate surface area is 170 Å². The van der Waals surface area contributed by atoms with Gasteiger partial charge in [-0.25, -0.2) is 0 Å². The first-order chi connectivity index (χ1) is 12.1. The monoisotopic (exact) mass is 526 g/mol. The SMILES string of the molecule is CCOS(=O)(=O)c1cc(Br)ccc1-c1ccc(Br)cc1S(=O)(=O)OCC. The summed E-state index contributed by atoms with van der Waals surface area (Å²) in [5.74, 6) is 0. The van der Waals surface area contributed by atoms with Crippen molar-refractivity contribution in [3.05, 3.63) is 45.3 Å². The first kappa shape index (κ1) is 21.5. The van der Waals surface area contributed by atoms with Crippen molar-refractivity contribution in [3.63, 3.8) is 0 Å². The molecule has 0 radical (unpaired) electrons. The van der Waals surface area contributed by atoms with Crippen LogP contribution in [0.4, 0.5) is 0 Å². The van der Waals surface area contributed by atoms with E-state index in [1.54, 1.807) is 26.0 Å². The summed E-state index contributed by atoms with van der Waals surface area (Å²) in [5, 5.41) is 0. The van der Waals surface area contributed by atoms with E-state index in [0.29, 0.717) is 8.95 Å². The van der Waals surface area contributed by atoms with Crippen LogP contribution in [0.25, 0.3) is 11.1 Å². The fourth-order valence-electron chi connectivity index (χ4n) is 2.29. The molecular weight excluding hydrogens is 512 g/mol. The molecule has 0 bridgehead atoms. The second-order valence-corrected chi connectivity index (χ2v) is 10.0. The third-order valence-electron chi connectivity index (χ3n) is 3.26. The smallest absolute Gasteiger partial charge is 0.267 e. The maximum atomic E-state index is 12.5. The topological polar surface area (TPSA) is 86.7 Å². The van der Waals surface area contributed by atoms with Gasteiger partial charge in [-0.05, 0) is 38.1 Å². The molecule has 0 saturated carbocycles. The minimum absolute atomic E-state index is 0.0429. The van der Waals surface area contributed by atoms with Crippen LogP contribution in [0.5, 0.6) is 0 Å². The maximum Gasteiger partial charge on any atom is 0.297 e. The number of rotatable bonds is 7. The first-order valence-electron chi connectivity index (χ1n) is 7.50. The minimum atomic E-state index is -4.07. The Hall–Kier alpha value is -0.780. The lowest BCUT2D eigenvalue weighted by atomic mass is 10.1. The van der Waals surface area contributed by atoms with Gasteiger partial charge in [0.15, 0.2) is 0 Å². The van der Waals surface area contributed by atoms with Crippen LogP contribution in [0.15, 0.2) is 55.1 Å². The van der Waals surface area contributed by atoms with Crippen molar-refractivity contribution in [2.45, 2.75) is 23.6 Å². The van der Waals surface area contributed by atoms with Crippen molar-refractivity contribution >= 4 is 52.1 Å². The van der Waals surface area contributed by atoms with E-state index in [1.165, 1.54) is 24.3 Å². The molecule has 26 heavy (non-hydrogen) atoms. The molecule has 0 aliphatic heterocycles. The van der Waals surface area contributed by atoms with Crippen molar-refractivity contribution in [1.29, 1.82) is 0 Å². The van der Waals surface area contributed by atoms with E-state index in [9.17, 15) is 16.8 Å². The summed E-state index contributed by atoms with van der Waals surface area (Å²) >= 11 is 6.47. The van der Waals surface area contributed by atoms with Gasteiger partial charge in [-0.2, -0.15) is 16.8 Å². The van der Waals surface area contributed by atoms with Gasteiger partial charge in [-0.1, -0.05) is 44.0 Å². The lowest BCUT2D eigenvalue weighted by molar-refractivity contribution is 0.336. The largest absolute Gasteiger partial charge is 0.297 e. The molecule has 0 aromatic heterocycles. The van der Waals surface area contributed by atoms with Gasteiger partial charge in [0.1, 0.15) is 9.79 Å². The predicted molar refractivity (Wildman–Crippen MR) is 105 cm³/mol. The molecule has 0 fully saturated rings. The Morgan fingerprint density at radius 1 is 0.731 bits per heavy atom. The summed E-state index contributed by atoms with van der Waals surface area (Å²) < 4.78 is 60.8. The Morgan fingerprint density at radius 2 is 1.08 bits per heavy atom. The van der Waals surface area contributed by atoms with E-state index < -0.39 is 20.2 Å². The van der Waals surface area contributed by atoms with Crippen LogP contribution in [-0.2, 0) is 28.6 Å². The lowest BCUT2D eigenvalue weighted by Crippen LogP contribution is -2.11. The minimum Gasteiger partial charge on any atom is -0.267 e. The zero-order valence-electron chi connectivity index (χ0n) is 13.9. The molecule has 0 aliphatic rings. The zero-order chi connectivity index (χ0) is 19.5. The number of hydrogen-bond acceptors (Lipinski definition) is 6. The number of hydrogen-bond donors (Lipinski definition) is 0. The van der Waals surface area contributed by atoms with E-state index in [4.69, 9.17) is 8.37 Å². The molecule has 142 valence electrons. The highest BCUT2D eigenvalue weighted by Crippen LogP contribution is 2.36. The molecule has 0 N–H and O–H groups in total. The van der Waals surface area contributed by atoms with E-state index in [-0.39, 0.29) is 34.1 Å². The van der Waals surface area contributed by atoms with Crippen LogP contribution in [0.3, 0.4) is 0 Å². The summed E-state index contributed by atoms with van der Waals surface area (Å²) in [5.41, 5.74) is 0.403. The molecule has 0 spiro atoms. The fourth-order valence-corrected chi connectivity index (χ4v) is 5.63. The summed E-state index contributed by atoms with van der Waals surface area (Å²) in [6.07, 6.45) is 0. The van der Waals surface area contributed by atoms with Crippen molar-refractivity contribution in [3.8, 4) is 11.1 Å². The predicted octanol–water partition coefficient (Wildman–Crippen LogP) is 4.33. The van der Waals surface area contributed by atoms with Gasteiger partial charge in [0.25, 0.3) is 20.2 Å². The maximum absolute atomic E-state index is 12.5. The standard InChI is InChI=1S/C16H16Br2O6S2/c1-3-23-25(19,20)15-9-11(17)5-7-13(15)14-8-6-12(18)10-16(14)26(21,22)24-4-2/h5-10H,3-4H2,1-2H3. The Kier molecular flexibility index (Phi) is 7.03. The van der Waals surface area contributed by atoms with Gasteiger partial charge in [0, 0.05) is 20.1 Å². The van der Waals surface area contributed by atoms with E-state index in [2.05, 4.69) is 31.9 Å². The summed E-state index contributed by atoms with van der Waals surface area (Å²) in [4.78, 5) is -0.270. The molecule has 2 rings (SSSR count). The molecule has 0 heterocycles. The lowest BCUT2D eigenvalue weighted by Gasteiger charge is -2.15. The third kappa shape index (κ3) is 4.73. The molecule has 0 unspecified atom stereocenters. The normalized spacial score (nSPS) is 12.3. The van der Waals surface area contributed by atoms with Crippen LogP contribution in [0.2, 0.25) is 0 Å². The molecule has 10 heteroatoms. The molecule has 0 amide bonds. The summed E-state index contributed by atoms with van der Waals surface area (Å²) in [6, 6.07) is 9.03. The molecule has 0 saturated heterocycles. The van der Waals surface area contributed by atoms with Gasteiger partial charge in [-0.3, -0.25) is 8.37 Å². The van der Waals surface area contributed by atoms with Gasteiger partial charge in [0.05, 0.1) is 13.2 Å². The van der Waals surface area contributed by atoms with Gasteiger partial charge in [0.2, 0.25) is 0 Å². The van der Waals surface area contributed by atoms with Gasteiger partial charge >= 0.3 is 0 Å². The molecule has 2 aromatic carbocycles. The van der Waals surface area contributed by atoms with E-state index in [1.807, 2.05) is 0 Å². The van der Waals surface area contributed by atoms with Crippen LogP contribution in [-0.4, -0.2) is 30.0 Å². The van der Waals surface area contributed by atoms with Crippen LogP contribution >= 0.6 is 31.9 Å². The molecule has 2 aromatic rings. The van der Waals surface area contributed by atoms with Crippen LogP contribution in [0.1, 0.15) is 13.8 Å². The zero-order valence-corrected chi connectivity index (χ0v) is 18.7. The van der Waals surface area contributed by atoms with Gasteiger partial charge in [-0.15, -0.1) is 0 Å². The van der Waals surface area contributed by atoms with Crippen molar-refractivity contribution in [2.75, 3.05) is 13.2 Å². The van der Waals surface area contributed by atoms with E-state index in [0.717, 1.165) is 0 Å². The first-order valence-corrected chi connectivity index (χ1v) is 11.9. The average molecular weight is 528 g/mol. The second kappa shape index (κ2) is 8.49. The number of benzene rings is 2. The van der Waals surface area contributed by atoms with Crippen molar-refractivity contribution in [2.24, 2.45) is 0 Å². The fraction of sp³-hybridized carbons (Fsp3) is 0.250. The van der Waals surface area contributed by atoms with Crippen molar-refractivity contribution in [1.82, 2.24) is 0 Å². The van der Waals surface area contributed by atoms with Crippen molar-refractivity contribution < 1.29 is 25.2 Å². The Balaban J connectivity index is 2.83. The molecule has 0 atom stereocenters. The van der Waals surface area contributed by atoms with Crippen LogP contribution in [0, 0.1) is 0 Å². The van der Waals surface area contributed by atoms with Crippen LogP contribution < -0.4 is 0 Å². The summed E-state index contributed by atoms with van der Waals surface area (Å²) in [6.45, 7) is 3.02. The number of halogens is 2. The van der Waals surface area contributed by atoms with Gasteiger partial charge < -0.3 is 0 Å².